The molecule has 1 N–H and O–H groups in total. The lowest BCUT2D eigenvalue weighted by Gasteiger charge is -2.36. The lowest BCUT2D eigenvalue weighted by Crippen LogP contribution is -2.50. The molecule has 3 aliphatic rings. The van der Waals surface area contributed by atoms with Crippen LogP contribution in [0, 0.1) is 0 Å². The second-order valence-corrected chi connectivity index (χ2v) is 13.5. The maximum atomic E-state index is 14.2. The van der Waals surface area contributed by atoms with Crippen LogP contribution in [0.4, 0.5) is 16.2 Å². The Morgan fingerprint density at radius 3 is 2.23 bits per heavy atom. The Bertz CT molecular complexity index is 1580. The van der Waals surface area contributed by atoms with Gasteiger partial charge in [-0.2, -0.15) is 4.31 Å². The van der Waals surface area contributed by atoms with Crippen molar-refractivity contribution in [2.45, 2.75) is 49.8 Å². The minimum absolute atomic E-state index is 0.0976. The number of nitrogens with one attached hydrogen (secondary N) is 1. The predicted octanol–water partition coefficient (Wildman–Crippen LogP) is 6.53. The number of benzene rings is 3. The number of hydrogen-bond acceptors (Lipinski definition) is 4. The number of fused-ring (bicyclic) bond motifs is 3. The van der Waals surface area contributed by atoms with Gasteiger partial charge in [-0.1, -0.05) is 59.1 Å². The number of hydrogen-bond donors (Lipinski definition) is 1. The number of anilines is 2. The summed E-state index contributed by atoms with van der Waals surface area (Å²) in [4.78, 5) is 17.1. The zero-order chi connectivity index (χ0) is 27.6. The highest BCUT2D eigenvalue weighted by atomic mass is 35.5. The van der Waals surface area contributed by atoms with Crippen LogP contribution in [-0.4, -0.2) is 54.9 Å². The maximum absolute atomic E-state index is 14.2. The number of sulfonamides is 1. The van der Waals surface area contributed by atoms with Gasteiger partial charge in [-0.05, 0) is 56.2 Å². The first-order valence-electron chi connectivity index (χ1n) is 12.8. The third-order valence-electron chi connectivity index (χ3n) is 7.89. The summed E-state index contributed by atoms with van der Waals surface area (Å²) in [6.07, 6.45) is 0.809. The minimum atomic E-state index is -3.90. The number of urea groups is 1. The van der Waals surface area contributed by atoms with Gasteiger partial charge in [0.25, 0.3) is 0 Å². The second-order valence-electron chi connectivity index (χ2n) is 10.4. The van der Waals surface area contributed by atoms with Crippen LogP contribution in [0.3, 0.4) is 0 Å². The molecule has 2 bridgehead atoms. The summed E-state index contributed by atoms with van der Waals surface area (Å²) in [6.45, 7) is 5.60. The van der Waals surface area contributed by atoms with Gasteiger partial charge in [0, 0.05) is 53.9 Å². The number of rotatable bonds is 5. The molecule has 39 heavy (non-hydrogen) atoms. The number of carbonyl (C=O) groups is 1. The molecule has 2 saturated heterocycles. The lowest BCUT2D eigenvalue weighted by molar-refractivity contribution is 0.146. The van der Waals surface area contributed by atoms with Crippen molar-refractivity contribution < 1.29 is 13.2 Å². The van der Waals surface area contributed by atoms with E-state index in [1.165, 1.54) is 4.90 Å². The SMILES string of the molecule is CC(C)N1CC2CC1CN2S(=O)(=O)c1cc(-c2ccccc2Cl)c2c(c1)N(c1c(Cl)cccc1Cl)C(=O)NC2. The van der Waals surface area contributed by atoms with Gasteiger partial charge in [0.15, 0.2) is 0 Å². The number of likely N-dealkylation sites (tertiary alicyclic amines) is 1. The van der Waals surface area contributed by atoms with Crippen LogP contribution in [0.2, 0.25) is 15.1 Å². The van der Waals surface area contributed by atoms with E-state index in [2.05, 4.69) is 24.1 Å². The standard InChI is InChI=1S/C28H27Cl3N4O3S/c1-16(2)33-14-18-10-17(33)15-34(18)39(37,38)19-11-21(20-6-3-4-7-23(20)29)22-13-32-28(36)35(26(22)12-19)27-24(30)8-5-9-25(27)31/h3-9,11-12,16-18H,10,13-15H2,1-2H3,(H,32,36). The van der Waals surface area contributed by atoms with Crippen molar-refractivity contribution in [3.63, 3.8) is 0 Å². The number of piperazine rings is 1. The molecule has 2 atom stereocenters. The first-order valence-corrected chi connectivity index (χ1v) is 15.4. The molecule has 6 rings (SSSR count). The van der Waals surface area contributed by atoms with Crippen molar-refractivity contribution in [1.82, 2.24) is 14.5 Å². The van der Waals surface area contributed by atoms with E-state index < -0.39 is 16.1 Å². The van der Waals surface area contributed by atoms with Crippen LogP contribution in [-0.2, 0) is 16.6 Å². The van der Waals surface area contributed by atoms with Crippen LogP contribution >= 0.6 is 34.8 Å². The van der Waals surface area contributed by atoms with Gasteiger partial charge in [-0.25, -0.2) is 13.2 Å². The van der Waals surface area contributed by atoms with Crippen LogP contribution in [0.15, 0.2) is 59.5 Å². The topological polar surface area (TPSA) is 73.0 Å². The highest BCUT2D eigenvalue weighted by Crippen LogP contribution is 2.46. The highest BCUT2D eigenvalue weighted by Gasteiger charge is 2.49. The molecule has 2 amide bonds. The summed E-state index contributed by atoms with van der Waals surface area (Å²) in [6, 6.07) is 15.5. The van der Waals surface area contributed by atoms with Gasteiger partial charge >= 0.3 is 6.03 Å². The Morgan fingerprint density at radius 1 is 0.897 bits per heavy atom. The van der Waals surface area contributed by atoms with Crippen LogP contribution in [0.5, 0.6) is 0 Å². The highest BCUT2D eigenvalue weighted by molar-refractivity contribution is 7.89. The quantitative estimate of drug-likeness (QED) is 0.359. The van der Waals surface area contributed by atoms with E-state index in [0.29, 0.717) is 46.5 Å². The average Bonchev–Trinajstić information content (AvgIpc) is 3.51. The van der Waals surface area contributed by atoms with Crippen molar-refractivity contribution in [2.75, 3.05) is 18.0 Å². The normalized spacial score (nSPS) is 21.5. The summed E-state index contributed by atoms with van der Waals surface area (Å²) in [5.41, 5.74) is 2.69. The fourth-order valence-corrected chi connectivity index (χ4v) is 8.60. The monoisotopic (exact) mass is 604 g/mol. The Morgan fingerprint density at radius 2 is 1.59 bits per heavy atom. The molecule has 2 unspecified atom stereocenters. The molecule has 2 fully saturated rings. The molecule has 11 heteroatoms. The smallest absolute Gasteiger partial charge is 0.326 e. The molecule has 3 aromatic rings. The Hall–Kier alpha value is -2.33. The van der Waals surface area contributed by atoms with E-state index in [9.17, 15) is 13.2 Å². The van der Waals surface area contributed by atoms with Crippen molar-refractivity contribution in [1.29, 1.82) is 0 Å². The van der Waals surface area contributed by atoms with Gasteiger partial charge in [-0.3, -0.25) is 9.80 Å². The summed E-state index contributed by atoms with van der Waals surface area (Å²) in [7, 11) is -3.90. The Labute approximate surface area is 243 Å². The van der Waals surface area contributed by atoms with Gasteiger partial charge in [-0.15, -0.1) is 0 Å². The zero-order valence-electron chi connectivity index (χ0n) is 21.4. The van der Waals surface area contributed by atoms with Crippen molar-refractivity contribution in [3.8, 4) is 11.1 Å². The lowest BCUT2D eigenvalue weighted by atomic mass is 9.96. The predicted molar refractivity (Wildman–Crippen MR) is 156 cm³/mol. The number of nitrogens with zero attached hydrogens (tertiary/aromatic N) is 3. The average molecular weight is 606 g/mol. The van der Waals surface area contributed by atoms with Crippen LogP contribution in [0.25, 0.3) is 11.1 Å². The number of halogens is 3. The molecule has 0 radical (unpaired) electrons. The maximum Gasteiger partial charge on any atom is 0.326 e. The van der Waals surface area contributed by atoms with E-state index in [1.807, 2.05) is 18.2 Å². The van der Waals surface area contributed by atoms with Gasteiger partial charge in [0.2, 0.25) is 10.0 Å². The van der Waals surface area contributed by atoms with Crippen molar-refractivity contribution in [3.05, 3.63) is 75.2 Å². The summed E-state index contributed by atoms with van der Waals surface area (Å²) in [5.74, 6) is 0. The van der Waals surface area contributed by atoms with Crippen molar-refractivity contribution >= 4 is 62.2 Å². The fraction of sp³-hybridized carbons (Fsp3) is 0.321. The summed E-state index contributed by atoms with van der Waals surface area (Å²) in [5, 5.41) is 3.89. The molecule has 0 saturated carbocycles. The molecule has 0 aromatic heterocycles. The first kappa shape index (κ1) is 26.9. The molecule has 204 valence electrons. The third-order valence-corrected chi connectivity index (χ3v) is 10.7. The zero-order valence-corrected chi connectivity index (χ0v) is 24.4. The van der Waals surface area contributed by atoms with Gasteiger partial charge in [0.05, 0.1) is 26.3 Å². The molecule has 0 aliphatic carbocycles. The summed E-state index contributed by atoms with van der Waals surface area (Å²) < 4.78 is 30.0. The molecule has 7 nitrogen and oxygen atoms in total. The molecular formula is C28H27Cl3N4O3S. The van der Waals surface area contributed by atoms with E-state index in [0.717, 1.165) is 6.42 Å². The van der Waals surface area contributed by atoms with Crippen LogP contribution < -0.4 is 10.2 Å². The Kier molecular flexibility index (Phi) is 6.85. The second kappa shape index (κ2) is 9.94. The van der Waals surface area contributed by atoms with E-state index in [4.69, 9.17) is 34.8 Å². The first-order chi connectivity index (χ1) is 18.6. The van der Waals surface area contributed by atoms with Crippen LogP contribution in [0.1, 0.15) is 25.8 Å². The molecule has 0 spiro atoms. The largest absolute Gasteiger partial charge is 0.333 e. The van der Waals surface area contributed by atoms with E-state index in [1.54, 1.807) is 40.7 Å². The fourth-order valence-electron chi connectivity index (χ4n) is 6.09. The Balaban J connectivity index is 1.55. The number of para-hydroxylation sites is 1. The van der Waals surface area contributed by atoms with E-state index in [-0.39, 0.29) is 39.3 Å². The minimum Gasteiger partial charge on any atom is -0.333 e. The third kappa shape index (κ3) is 4.42. The van der Waals surface area contributed by atoms with Gasteiger partial charge in [0.1, 0.15) is 0 Å². The number of carbonyl (C=O) groups excluding carboxylic acids is 1. The molecular weight excluding hydrogens is 579 g/mol. The van der Waals surface area contributed by atoms with Gasteiger partial charge < -0.3 is 5.32 Å². The summed E-state index contributed by atoms with van der Waals surface area (Å²) >= 11 is 19.7. The van der Waals surface area contributed by atoms with Crippen molar-refractivity contribution in [2.24, 2.45) is 0 Å². The molecule has 3 heterocycles. The van der Waals surface area contributed by atoms with E-state index >= 15 is 0 Å². The molecule has 3 aliphatic heterocycles. The number of amides is 2. The molecule has 3 aromatic carbocycles.